The van der Waals surface area contributed by atoms with Gasteiger partial charge in [0.1, 0.15) is 24.6 Å². The van der Waals surface area contributed by atoms with Crippen molar-refractivity contribution in [3.8, 4) is 22.9 Å². The van der Waals surface area contributed by atoms with Crippen molar-refractivity contribution in [1.82, 2.24) is 9.97 Å². The number of anilines is 1. The summed E-state index contributed by atoms with van der Waals surface area (Å²) in [6.07, 6.45) is 1.10. The molecule has 0 aliphatic rings. The second kappa shape index (κ2) is 11.4. The van der Waals surface area contributed by atoms with Gasteiger partial charge in [0.05, 0.1) is 0 Å². The third-order valence-corrected chi connectivity index (χ3v) is 4.99. The Labute approximate surface area is 211 Å². The van der Waals surface area contributed by atoms with E-state index in [1.54, 1.807) is 39.1 Å². The summed E-state index contributed by atoms with van der Waals surface area (Å²) in [7, 11) is 0. The lowest BCUT2D eigenvalue weighted by molar-refractivity contribution is 0.0635. The van der Waals surface area contributed by atoms with E-state index < -0.39 is 11.7 Å². The molecule has 4 aromatic rings. The van der Waals surface area contributed by atoms with E-state index in [2.05, 4.69) is 15.3 Å². The van der Waals surface area contributed by atoms with Gasteiger partial charge in [0.15, 0.2) is 0 Å². The van der Waals surface area contributed by atoms with Gasteiger partial charge in [0, 0.05) is 23.4 Å². The molecule has 7 nitrogen and oxygen atoms in total. The van der Waals surface area contributed by atoms with E-state index in [-0.39, 0.29) is 0 Å². The number of carbonyl (C=O) groups excluding carboxylic acids is 1. The fourth-order valence-electron chi connectivity index (χ4n) is 3.33. The molecule has 2 aromatic carbocycles. The van der Waals surface area contributed by atoms with Crippen LogP contribution >= 0.6 is 0 Å². The summed E-state index contributed by atoms with van der Waals surface area (Å²) in [5.41, 5.74) is 3.03. The molecule has 0 saturated carbocycles. The van der Waals surface area contributed by atoms with Crippen LogP contribution in [0.2, 0.25) is 0 Å². The number of pyridine rings is 2. The van der Waals surface area contributed by atoms with Crippen LogP contribution in [0.4, 0.5) is 10.6 Å². The molecule has 36 heavy (non-hydrogen) atoms. The molecule has 2 aromatic heterocycles. The van der Waals surface area contributed by atoms with Gasteiger partial charge < -0.3 is 14.2 Å². The molecule has 0 radical (unpaired) electrons. The molecule has 7 heteroatoms. The number of aromatic nitrogens is 2. The Kier molecular flexibility index (Phi) is 7.80. The van der Waals surface area contributed by atoms with Crippen LogP contribution in [0.5, 0.6) is 11.8 Å². The molecule has 0 unspecified atom stereocenters. The third-order valence-electron chi connectivity index (χ3n) is 4.99. The smallest absolute Gasteiger partial charge is 0.413 e. The number of ether oxygens (including phenoxy) is 3. The molecule has 4 rings (SSSR count). The fraction of sp³-hybridized carbons (Fsp3) is 0.207. The van der Waals surface area contributed by atoms with Crippen molar-refractivity contribution in [1.29, 1.82) is 0 Å². The highest BCUT2D eigenvalue weighted by Gasteiger charge is 2.17. The summed E-state index contributed by atoms with van der Waals surface area (Å²) in [5.74, 6) is 1.27. The quantitative estimate of drug-likeness (QED) is 0.302. The van der Waals surface area contributed by atoms with Gasteiger partial charge in [-0.2, -0.15) is 4.98 Å². The molecule has 0 fully saturated rings. The minimum Gasteiger partial charge on any atom is -0.473 e. The van der Waals surface area contributed by atoms with Gasteiger partial charge in [0.25, 0.3) is 0 Å². The third kappa shape index (κ3) is 7.30. The predicted octanol–water partition coefficient (Wildman–Crippen LogP) is 6.65. The highest BCUT2D eigenvalue weighted by atomic mass is 16.6. The van der Waals surface area contributed by atoms with Crippen LogP contribution < -0.4 is 14.8 Å². The molecule has 1 amide bonds. The van der Waals surface area contributed by atoms with Crippen molar-refractivity contribution < 1.29 is 19.0 Å². The Morgan fingerprint density at radius 2 is 1.44 bits per heavy atom. The van der Waals surface area contributed by atoms with E-state index in [1.807, 2.05) is 72.8 Å². The van der Waals surface area contributed by atoms with Crippen LogP contribution in [0.3, 0.4) is 0 Å². The standard InChI is InChI=1S/C29H29N3O4/c1-29(2,3)36-28(33)31-25-16-14-23(18-30-25)24-15-17-26(34-19-21-10-6-4-7-11-21)32-27(24)35-20-22-12-8-5-9-13-22/h4-18H,19-20H2,1-3H3,(H,30,31,33). The first-order valence-corrected chi connectivity index (χ1v) is 11.7. The van der Waals surface area contributed by atoms with E-state index in [0.29, 0.717) is 30.8 Å². The minimum absolute atomic E-state index is 0.356. The van der Waals surface area contributed by atoms with Crippen molar-refractivity contribution in [2.45, 2.75) is 39.6 Å². The lowest BCUT2D eigenvalue weighted by atomic mass is 10.1. The van der Waals surface area contributed by atoms with E-state index >= 15 is 0 Å². The second-order valence-corrected chi connectivity index (χ2v) is 9.11. The highest BCUT2D eigenvalue weighted by Crippen LogP contribution is 2.31. The molecular formula is C29H29N3O4. The number of hydrogen-bond acceptors (Lipinski definition) is 6. The van der Waals surface area contributed by atoms with Crippen LogP contribution in [0.15, 0.2) is 91.1 Å². The lowest BCUT2D eigenvalue weighted by Crippen LogP contribution is -2.27. The van der Waals surface area contributed by atoms with Gasteiger partial charge in [-0.15, -0.1) is 0 Å². The van der Waals surface area contributed by atoms with Gasteiger partial charge >= 0.3 is 6.09 Å². The Balaban J connectivity index is 1.53. The zero-order valence-corrected chi connectivity index (χ0v) is 20.6. The lowest BCUT2D eigenvalue weighted by Gasteiger charge is -2.19. The summed E-state index contributed by atoms with van der Waals surface area (Å²) in [4.78, 5) is 21.0. The maximum Gasteiger partial charge on any atom is 0.413 e. The Morgan fingerprint density at radius 3 is 2.03 bits per heavy atom. The number of amides is 1. The van der Waals surface area contributed by atoms with E-state index in [1.165, 1.54) is 0 Å². The van der Waals surface area contributed by atoms with Crippen LogP contribution in [0.1, 0.15) is 31.9 Å². The number of rotatable bonds is 8. The van der Waals surface area contributed by atoms with Gasteiger partial charge in [-0.25, -0.2) is 9.78 Å². The Morgan fingerprint density at radius 1 is 0.806 bits per heavy atom. The van der Waals surface area contributed by atoms with Crippen molar-refractivity contribution >= 4 is 11.9 Å². The summed E-state index contributed by atoms with van der Waals surface area (Å²) >= 11 is 0. The van der Waals surface area contributed by atoms with E-state index in [4.69, 9.17) is 14.2 Å². The zero-order valence-electron chi connectivity index (χ0n) is 20.6. The van der Waals surface area contributed by atoms with Gasteiger partial charge in [-0.05, 0) is 50.1 Å². The maximum absolute atomic E-state index is 12.0. The summed E-state index contributed by atoms with van der Waals surface area (Å²) in [6, 6.07) is 27.0. The van der Waals surface area contributed by atoms with Crippen LogP contribution in [-0.4, -0.2) is 21.7 Å². The summed E-state index contributed by atoms with van der Waals surface area (Å²) < 4.78 is 17.3. The predicted molar refractivity (Wildman–Crippen MR) is 139 cm³/mol. The second-order valence-electron chi connectivity index (χ2n) is 9.11. The molecule has 0 spiro atoms. The first kappa shape index (κ1) is 24.7. The first-order chi connectivity index (χ1) is 17.4. The molecule has 0 bridgehead atoms. The molecule has 184 valence electrons. The number of carbonyl (C=O) groups is 1. The molecule has 0 aliphatic heterocycles. The normalized spacial score (nSPS) is 11.0. The Bertz CT molecular complexity index is 1270. The first-order valence-electron chi connectivity index (χ1n) is 11.7. The molecule has 0 saturated heterocycles. The number of nitrogens with one attached hydrogen (secondary N) is 1. The van der Waals surface area contributed by atoms with Crippen LogP contribution in [-0.2, 0) is 18.0 Å². The number of nitrogens with zero attached hydrogens (tertiary/aromatic N) is 2. The van der Waals surface area contributed by atoms with Gasteiger partial charge in [-0.1, -0.05) is 60.7 Å². The van der Waals surface area contributed by atoms with Gasteiger partial charge in [-0.3, -0.25) is 5.32 Å². The molecule has 0 aliphatic carbocycles. The van der Waals surface area contributed by atoms with E-state index in [9.17, 15) is 4.79 Å². The highest BCUT2D eigenvalue weighted by molar-refractivity contribution is 5.84. The van der Waals surface area contributed by atoms with E-state index in [0.717, 1.165) is 22.3 Å². The minimum atomic E-state index is -0.592. The van der Waals surface area contributed by atoms with Crippen molar-refractivity contribution in [3.63, 3.8) is 0 Å². The SMILES string of the molecule is CC(C)(C)OC(=O)Nc1ccc(-c2ccc(OCc3ccccc3)nc2OCc2ccccc2)cn1. The van der Waals surface area contributed by atoms with Crippen LogP contribution in [0.25, 0.3) is 11.1 Å². The fourth-order valence-corrected chi connectivity index (χ4v) is 3.33. The summed E-state index contributed by atoms with van der Waals surface area (Å²) in [5, 5.41) is 2.64. The van der Waals surface area contributed by atoms with Crippen molar-refractivity contribution in [2.75, 3.05) is 5.32 Å². The average Bonchev–Trinajstić information content (AvgIpc) is 2.87. The maximum atomic E-state index is 12.0. The average molecular weight is 484 g/mol. The molecular weight excluding hydrogens is 454 g/mol. The zero-order chi connectivity index (χ0) is 25.4. The van der Waals surface area contributed by atoms with Crippen molar-refractivity contribution in [2.24, 2.45) is 0 Å². The van der Waals surface area contributed by atoms with Gasteiger partial charge in [0.2, 0.25) is 11.8 Å². The number of benzene rings is 2. The van der Waals surface area contributed by atoms with Crippen LogP contribution in [0, 0.1) is 0 Å². The Hall–Kier alpha value is -4.39. The largest absolute Gasteiger partial charge is 0.473 e. The summed E-state index contributed by atoms with van der Waals surface area (Å²) in [6.45, 7) is 6.17. The monoisotopic (exact) mass is 483 g/mol. The molecule has 0 atom stereocenters. The molecule has 1 N–H and O–H groups in total. The number of hydrogen-bond donors (Lipinski definition) is 1. The topological polar surface area (TPSA) is 82.6 Å². The molecule has 2 heterocycles. The van der Waals surface area contributed by atoms with Crippen molar-refractivity contribution in [3.05, 3.63) is 102 Å².